The number of benzene rings is 3. The number of halogens is 1. The van der Waals surface area contributed by atoms with Crippen LogP contribution in [0.25, 0.3) is 22.0 Å². The number of hydrogen-bond acceptors (Lipinski definition) is 4. The number of ether oxygens (including phenoxy) is 1. The van der Waals surface area contributed by atoms with E-state index in [9.17, 15) is 9.18 Å². The first kappa shape index (κ1) is 21.5. The van der Waals surface area contributed by atoms with Crippen LogP contribution >= 0.6 is 0 Å². The standard InChI is InChI=1S/C25H25FN4O2/c1-30(2)15-23(18-7-5-9-20(13-18)32-3)27-25(31)19-8-4-6-16(12-19)17-10-11-22-21(14-17)24(26)29-28-22/h4-14,23H,15H2,1-3H3,(H,27,31)(H,28,29)/t23-/m1/s1. The van der Waals surface area contributed by atoms with Crippen molar-refractivity contribution in [3.63, 3.8) is 0 Å². The summed E-state index contributed by atoms with van der Waals surface area (Å²) in [4.78, 5) is 15.2. The molecule has 0 bridgehead atoms. The highest BCUT2D eigenvalue weighted by Gasteiger charge is 2.18. The van der Waals surface area contributed by atoms with Crippen LogP contribution in [0.4, 0.5) is 4.39 Å². The molecular formula is C25H25FN4O2. The third-order valence-corrected chi connectivity index (χ3v) is 5.32. The summed E-state index contributed by atoms with van der Waals surface area (Å²) in [7, 11) is 5.55. The van der Waals surface area contributed by atoms with Gasteiger partial charge in [0.2, 0.25) is 5.95 Å². The number of likely N-dealkylation sites (N-methyl/N-ethyl adjacent to an activating group) is 1. The predicted octanol–water partition coefficient (Wildman–Crippen LogP) is 4.41. The Labute approximate surface area is 186 Å². The van der Waals surface area contributed by atoms with Crippen LogP contribution in [0, 0.1) is 5.95 Å². The second-order valence-electron chi connectivity index (χ2n) is 7.92. The third kappa shape index (κ3) is 4.63. The highest BCUT2D eigenvalue weighted by Crippen LogP contribution is 2.26. The van der Waals surface area contributed by atoms with E-state index in [1.807, 2.05) is 67.5 Å². The van der Waals surface area contributed by atoms with Crippen LogP contribution < -0.4 is 10.1 Å². The average Bonchev–Trinajstić information content (AvgIpc) is 3.18. The monoisotopic (exact) mass is 432 g/mol. The topological polar surface area (TPSA) is 70.2 Å². The number of aromatic amines is 1. The van der Waals surface area contributed by atoms with Gasteiger partial charge in [-0.2, -0.15) is 4.39 Å². The molecule has 1 atom stereocenters. The molecule has 3 aromatic carbocycles. The second-order valence-corrected chi connectivity index (χ2v) is 7.92. The fourth-order valence-corrected chi connectivity index (χ4v) is 3.70. The number of aromatic nitrogens is 2. The molecule has 1 amide bonds. The van der Waals surface area contributed by atoms with E-state index in [2.05, 4.69) is 15.5 Å². The molecular weight excluding hydrogens is 407 g/mol. The van der Waals surface area contributed by atoms with Gasteiger partial charge < -0.3 is 15.0 Å². The number of nitrogens with zero attached hydrogens (tertiary/aromatic N) is 2. The van der Waals surface area contributed by atoms with Crippen molar-refractivity contribution in [2.24, 2.45) is 0 Å². The van der Waals surface area contributed by atoms with Crippen molar-refractivity contribution in [1.82, 2.24) is 20.4 Å². The zero-order chi connectivity index (χ0) is 22.7. The normalized spacial score (nSPS) is 12.2. The summed E-state index contributed by atoms with van der Waals surface area (Å²) in [5, 5.41) is 9.81. The summed E-state index contributed by atoms with van der Waals surface area (Å²) in [6.07, 6.45) is 0. The summed E-state index contributed by atoms with van der Waals surface area (Å²) < 4.78 is 19.2. The summed E-state index contributed by atoms with van der Waals surface area (Å²) in [5.41, 5.74) is 3.76. The Morgan fingerprint density at radius 1 is 1.09 bits per heavy atom. The van der Waals surface area contributed by atoms with E-state index in [4.69, 9.17) is 4.74 Å². The maximum absolute atomic E-state index is 13.9. The van der Waals surface area contributed by atoms with E-state index in [1.165, 1.54) is 0 Å². The molecule has 0 radical (unpaired) electrons. The van der Waals surface area contributed by atoms with Crippen LogP contribution in [0.5, 0.6) is 5.75 Å². The first-order chi connectivity index (χ1) is 15.4. The maximum atomic E-state index is 13.9. The molecule has 0 spiro atoms. The number of rotatable bonds is 7. The lowest BCUT2D eigenvalue weighted by molar-refractivity contribution is 0.0930. The van der Waals surface area contributed by atoms with Crippen LogP contribution in [0.1, 0.15) is 22.0 Å². The molecule has 6 nitrogen and oxygen atoms in total. The molecule has 0 saturated heterocycles. The lowest BCUT2D eigenvalue weighted by Gasteiger charge is -2.23. The van der Waals surface area contributed by atoms with E-state index < -0.39 is 5.95 Å². The Bertz CT molecular complexity index is 1250. The van der Waals surface area contributed by atoms with E-state index >= 15 is 0 Å². The fraction of sp³-hybridized carbons (Fsp3) is 0.200. The van der Waals surface area contributed by atoms with Gasteiger partial charge in [0.1, 0.15) is 5.75 Å². The number of carbonyl (C=O) groups is 1. The lowest BCUT2D eigenvalue weighted by atomic mass is 10.0. The maximum Gasteiger partial charge on any atom is 0.251 e. The Hall–Kier alpha value is -3.71. The van der Waals surface area contributed by atoms with E-state index in [0.29, 0.717) is 23.0 Å². The lowest BCUT2D eigenvalue weighted by Crippen LogP contribution is -2.35. The van der Waals surface area contributed by atoms with Gasteiger partial charge in [-0.3, -0.25) is 9.89 Å². The molecule has 4 aromatic rings. The second kappa shape index (κ2) is 9.20. The molecule has 1 aromatic heterocycles. The Balaban J connectivity index is 1.60. The van der Waals surface area contributed by atoms with Crippen molar-refractivity contribution < 1.29 is 13.9 Å². The molecule has 0 aliphatic rings. The Morgan fingerprint density at radius 2 is 1.88 bits per heavy atom. The number of amides is 1. The first-order valence-corrected chi connectivity index (χ1v) is 10.3. The highest BCUT2D eigenvalue weighted by molar-refractivity contribution is 5.96. The molecule has 0 aliphatic heterocycles. The van der Waals surface area contributed by atoms with Gasteiger partial charge in [0.25, 0.3) is 5.91 Å². The SMILES string of the molecule is COc1cccc([C@@H](CN(C)C)NC(=O)c2cccc(-c3ccc4[nH]nc(F)c4c3)c2)c1. The zero-order valence-corrected chi connectivity index (χ0v) is 18.2. The van der Waals surface area contributed by atoms with Crippen molar-refractivity contribution in [2.45, 2.75) is 6.04 Å². The number of carbonyl (C=O) groups excluding carboxylic acids is 1. The van der Waals surface area contributed by atoms with Gasteiger partial charge in [0, 0.05) is 12.1 Å². The van der Waals surface area contributed by atoms with Crippen LogP contribution in [0.2, 0.25) is 0 Å². The summed E-state index contributed by atoms with van der Waals surface area (Å²) >= 11 is 0. The minimum Gasteiger partial charge on any atom is -0.497 e. The molecule has 7 heteroatoms. The van der Waals surface area contributed by atoms with Gasteiger partial charge in [-0.05, 0) is 67.2 Å². The minimum atomic E-state index is -0.541. The van der Waals surface area contributed by atoms with Gasteiger partial charge >= 0.3 is 0 Å². The van der Waals surface area contributed by atoms with Crippen LogP contribution in [0.3, 0.4) is 0 Å². The van der Waals surface area contributed by atoms with Gasteiger partial charge in [0.15, 0.2) is 0 Å². The van der Waals surface area contributed by atoms with Gasteiger partial charge in [-0.25, -0.2) is 0 Å². The summed E-state index contributed by atoms with van der Waals surface area (Å²) in [6.45, 7) is 0.634. The number of methoxy groups -OCH3 is 1. The van der Waals surface area contributed by atoms with E-state index in [1.54, 1.807) is 25.3 Å². The fourth-order valence-electron chi connectivity index (χ4n) is 3.70. The summed E-state index contributed by atoms with van der Waals surface area (Å²) in [5.74, 6) is 0.0158. The van der Waals surface area contributed by atoms with Crippen molar-refractivity contribution in [3.8, 4) is 16.9 Å². The molecule has 0 fully saturated rings. The first-order valence-electron chi connectivity index (χ1n) is 10.3. The molecule has 164 valence electrons. The van der Waals surface area contributed by atoms with E-state index in [0.717, 1.165) is 22.4 Å². The van der Waals surface area contributed by atoms with Crippen molar-refractivity contribution in [3.05, 3.63) is 83.8 Å². The van der Waals surface area contributed by atoms with Crippen molar-refractivity contribution in [1.29, 1.82) is 0 Å². The minimum absolute atomic E-state index is 0.183. The third-order valence-electron chi connectivity index (χ3n) is 5.32. The molecule has 0 saturated carbocycles. The smallest absolute Gasteiger partial charge is 0.251 e. The average molecular weight is 432 g/mol. The summed E-state index contributed by atoms with van der Waals surface area (Å²) in [6, 6.07) is 20.2. The largest absolute Gasteiger partial charge is 0.497 e. The molecule has 4 rings (SSSR count). The highest BCUT2D eigenvalue weighted by atomic mass is 19.1. The molecule has 1 heterocycles. The Morgan fingerprint density at radius 3 is 2.66 bits per heavy atom. The molecule has 0 unspecified atom stereocenters. The number of fused-ring (bicyclic) bond motifs is 1. The van der Waals surface area contributed by atoms with Gasteiger partial charge in [-0.1, -0.05) is 30.3 Å². The van der Waals surface area contributed by atoms with Crippen molar-refractivity contribution in [2.75, 3.05) is 27.7 Å². The van der Waals surface area contributed by atoms with Crippen LogP contribution in [-0.4, -0.2) is 48.8 Å². The van der Waals surface area contributed by atoms with Gasteiger partial charge in [0.05, 0.1) is 24.1 Å². The van der Waals surface area contributed by atoms with Gasteiger partial charge in [-0.15, -0.1) is 5.10 Å². The quantitative estimate of drug-likeness (QED) is 0.454. The Kier molecular flexibility index (Phi) is 6.18. The molecule has 0 aliphatic carbocycles. The van der Waals surface area contributed by atoms with E-state index in [-0.39, 0.29) is 11.9 Å². The molecule has 2 N–H and O–H groups in total. The predicted molar refractivity (Wildman–Crippen MR) is 123 cm³/mol. The van der Waals surface area contributed by atoms with Crippen molar-refractivity contribution >= 4 is 16.8 Å². The molecule has 32 heavy (non-hydrogen) atoms. The zero-order valence-electron chi connectivity index (χ0n) is 18.2. The number of hydrogen-bond donors (Lipinski definition) is 2. The van der Waals surface area contributed by atoms with Crippen LogP contribution in [-0.2, 0) is 0 Å². The van der Waals surface area contributed by atoms with Crippen LogP contribution in [0.15, 0.2) is 66.7 Å². The number of nitrogens with one attached hydrogen (secondary N) is 2. The number of H-pyrrole nitrogens is 1.